The highest BCUT2D eigenvalue weighted by Gasteiger charge is 2.33. The number of hydrogen-bond donors (Lipinski definition) is 4. The van der Waals surface area contributed by atoms with Crippen molar-refractivity contribution in [1.82, 2.24) is 15.8 Å². The average molecular weight is 439 g/mol. The van der Waals surface area contributed by atoms with Crippen molar-refractivity contribution in [3.8, 4) is 5.75 Å². The third-order valence-electron chi connectivity index (χ3n) is 5.20. The SMILES string of the molecule is CC(C)[C@H](N)C(=O)N[C@@H](C)C(=O)N1CCC[C@@H](C(=O)O[C@H](C)c2cc(O)ccc2F)N1. The van der Waals surface area contributed by atoms with E-state index in [1.165, 1.54) is 24.1 Å². The molecule has 1 aromatic rings. The number of phenols is 1. The summed E-state index contributed by atoms with van der Waals surface area (Å²) in [5, 5.41) is 13.4. The number of ether oxygens (including phenoxy) is 1. The molecule has 9 nitrogen and oxygen atoms in total. The molecule has 1 fully saturated rings. The number of carbonyl (C=O) groups excluding carboxylic acids is 3. The fourth-order valence-electron chi connectivity index (χ4n) is 3.19. The molecule has 1 saturated heterocycles. The number of phenolic OH excluding ortho intramolecular Hbond substituents is 1. The second kappa shape index (κ2) is 10.5. The fraction of sp³-hybridized carbons (Fsp3) is 0.571. The summed E-state index contributed by atoms with van der Waals surface area (Å²) < 4.78 is 19.3. The number of halogens is 1. The van der Waals surface area contributed by atoms with Crippen molar-refractivity contribution >= 4 is 17.8 Å². The second-order valence-corrected chi connectivity index (χ2v) is 8.10. The lowest BCUT2D eigenvalue weighted by molar-refractivity contribution is -0.157. The van der Waals surface area contributed by atoms with Gasteiger partial charge in [0.2, 0.25) is 5.91 Å². The predicted molar refractivity (Wildman–Crippen MR) is 111 cm³/mol. The summed E-state index contributed by atoms with van der Waals surface area (Å²) in [5.41, 5.74) is 8.68. The Morgan fingerprint density at radius 1 is 1.29 bits per heavy atom. The molecule has 172 valence electrons. The minimum absolute atomic E-state index is 0.0508. The van der Waals surface area contributed by atoms with Crippen LogP contribution in [-0.2, 0) is 19.1 Å². The van der Waals surface area contributed by atoms with E-state index >= 15 is 0 Å². The number of nitrogens with zero attached hydrogens (tertiary/aromatic N) is 1. The standard InChI is InChI=1S/C21H31FN4O5/c1-11(2)18(23)19(28)24-12(3)20(29)26-9-5-6-17(25-26)21(30)31-13(4)15-10-14(27)7-8-16(15)22/h7-8,10-13,17-18,25,27H,5-6,9,23H2,1-4H3,(H,24,28)/t12-,13+,17-,18-/m0/s1. The molecule has 1 aromatic carbocycles. The minimum atomic E-state index is -0.928. The van der Waals surface area contributed by atoms with E-state index in [2.05, 4.69) is 10.7 Å². The number of esters is 1. The molecule has 4 atom stereocenters. The first-order valence-electron chi connectivity index (χ1n) is 10.3. The molecule has 10 heteroatoms. The van der Waals surface area contributed by atoms with Crippen LogP contribution in [0.5, 0.6) is 5.75 Å². The molecular formula is C21H31FN4O5. The van der Waals surface area contributed by atoms with E-state index in [9.17, 15) is 23.9 Å². The Bertz CT molecular complexity index is 819. The number of benzene rings is 1. The van der Waals surface area contributed by atoms with Gasteiger partial charge in [-0.25, -0.2) is 9.82 Å². The molecule has 0 unspecified atom stereocenters. The highest BCUT2D eigenvalue weighted by molar-refractivity contribution is 5.89. The highest BCUT2D eigenvalue weighted by Crippen LogP contribution is 2.25. The zero-order valence-electron chi connectivity index (χ0n) is 18.2. The number of rotatable bonds is 7. The average Bonchev–Trinajstić information content (AvgIpc) is 2.73. The van der Waals surface area contributed by atoms with Crippen LogP contribution in [0.3, 0.4) is 0 Å². The Labute approximate surface area is 181 Å². The summed E-state index contributed by atoms with van der Waals surface area (Å²) in [6, 6.07) is 1.12. The van der Waals surface area contributed by atoms with Gasteiger partial charge in [-0.05, 0) is 50.8 Å². The molecule has 2 rings (SSSR count). The Morgan fingerprint density at radius 2 is 1.97 bits per heavy atom. The summed E-state index contributed by atoms with van der Waals surface area (Å²) in [4.78, 5) is 37.4. The smallest absolute Gasteiger partial charge is 0.325 e. The molecule has 5 N–H and O–H groups in total. The van der Waals surface area contributed by atoms with Gasteiger partial charge in [0.15, 0.2) is 0 Å². The van der Waals surface area contributed by atoms with Crippen LogP contribution in [0.2, 0.25) is 0 Å². The lowest BCUT2D eigenvalue weighted by atomic mass is 10.0. The van der Waals surface area contributed by atoms with Gasteiger partial charge in [0.05, 0.1) is 6.04 Å². The van der Waals surface area contributed by atoms with Crippen molar-refractivity contribution in [2.24, 2.45) is 11.7 Å². The van der Waals surface area contributed by atoms with Crippen molar-refractivity contribution < 1.29 is 28.6 Å². The van der Waals surface area contributed by atoms with E-state index < -0.39 is 47.8 Å². The first-order chi connectivity index (χ1) is 14.5. The summed E-state index contributed by atoms with van der Waals surface area (Å²) in [5.74, 6) is -2.30. The van der Waals surface area contributed by atoms with Crippen LogP contribution in [0.1, 0.15) is 52.2 Å². The predicted octanol–water partition coefficient (Wildman–Crippen LogP) is 1.12. The van der Waals surface area contributed by atoms with Crippen molar-refractivity contribution in [1.29, 1.82) is 0 Å². The van der Waals surface area contributed by atoms with Gasteiger partial charge in [-0.2, -0.15) is 0 Å². The molecule has 0 bridgehead atoms. The Balaban J connectivity index is 1.96. The molecule has 0 aliphatic carbocycles. The maximum absolute atomic E-state index is 14.0. The number of aromatic hydroxyl groups is 1. The molecule has 0 spiro atoms. The quantitative estimate of drug-likeness (QED) is 0.469. The van der Waals surface area contributed by atoms with Crippen LogP contribution in [-0.4, -0.2) is 52.6 Å². The maximum Gasteiger partial charge on any atom is 0.325 e. The fourth-order valence-corrected chi connectivity index (χ4v) is 3.19. The number of nitrogens with one attached hydrogen (secondary N) is 2. The van der Waals surface area contributed by atoms with Crippen LogP contribution >= 0.6 is 0 Å². The van der Waals surface area contributed by atoms with Crippen molar-refractivity contribution in [3.05, 3.63) is 29.6 Å². The molecule has 0 radical (unpaired) electrons. The molecule has 0 aromatic heterocycles. The van der Waals surface area contributed by atoms with Gasteiger partial charge in [0, 0.05) is 12.1 Å². The summed E-state index contributed by atoms with van der Waals surface area (Å²) >= 11 is 0. The topological polar surface area (TPSA) is 134 Å². The third-order valence-corrected chi connectivity index (χ3v) is 5.20. The lowest BCUT2D eigenvalue weighted by Crippen LogP contribution is -2.60. The van der Waals surface area contributed by atoms with Gasteiger partial charge in [-0.15, -0.1) is 0 Å². The second-order valence-electron chi connectivity index (χ2n) is 8.10. The highest BCUT2D eigenvalue weighted by atomic mass is 19.1. The molecule has 2 amide bonds. The van der Waals surface area contributed by atoms with E-state index in [1.807, 2.05) is 13.8 Å². The molecule has 0 saturated carbocycles. The van der Waals surface area contributed by atoms with Gasteiger partial charge in [0.25, 0.3) is 5.91 Å². The van der Waals surface area contributed by atoms with Crippen LogP contribution in [0.4, 0.5) is 4.39 Å². The Morgan fingerprint density at radius 3 is 2.61 bits per heavy atom. The van der Waals surface area contributed by atoms with Gasteiger partial charge in [0.1, 0.15) is 29.8 Å². The van der Waals surface area contributed by atoms with Gasteiger partial charge in [-0.3, -0.25) is 19.4 Å². The van der Waals surface area contributed by atoms with Crippen LogP contribution < -0.4 is 16.5 Å². The van der Waals surface area contributed by atoms with Crippen molar-refractivity contribution in [2.75, 3.05) is 6.54 Å². The van der Waals surface area contributed by atoms with Gasteiger partial charge in [-0.1, -0.05) is 13.8 Å². The molecule has 1 heterocycles. The van der Waals surface area contributed by atoms with Crippen LogP contribution in [0.15, 0.2) is 18.2 Å². The zero-order chi connectivity index (χ0) is 23.3. The largest absolute Gasteiger partial charge is 0.508 e. The normalized spacial score (nSPS) is 19.5. The van der Waals surface area contributed by atoms with Crippen LogP contribution in [0.25, 0.3) is 0 Å². The summed E-state index contributed by atoms with van der Waals surface area (Å²) in [6.07, 6.45) is 0.0410. The molecular weight excluding hydrogens is 407 g/mol. The van der Waals surface area contributed by atoms with Crippen molar-refractivity contribution in [2.45, 2.75) is 64.8 Å². The lowest BCUT2D eigenvalue weighted by Gasteiger charge is -2.35. The number of hydrazine groups is 1. The van der Waals surface area contributed by atoms with E-state index in [0.717, 1.165) is 6.07 Å². The first kappa shape index (κ1) is 24.5. The molecule has 31 heavy (non-hydrogen) atoms. The molecule has 1 aliphatic rings. The number of hydrogen-bond acceptors (Lipinski definition) is 7. The summed E-state index contributed by atoms with van der Waals surface area (Å²) in [7, 11) is 0. The minimum Gasteiger partial charge on any atom is -0.508 e. The Hall–Kier alpha value is -2.72. The van der Waals surface area contributed by atoms with E-state index in [4.69, 9.17) is 10.5 Å². The van der Waals surface area contributed by atoms with E-state index in [-0.39, 0.29) is 17.2 Å². The van der Waals surface area contributed by atoms with Gasteiger partial charge >= 0.3 is 5.97 Å². The first-order valence-corrected chi connectivity index (χ1v) is 10.3. The third kappa shape index (κ3) is 6.38. The molecule has 1 aliphatic heterocycles. The van der Waals surface area contributed by atoms with Gasteiger partial charge < -0.3 is 20.9 Å². The summed E-state index contributed by atoms with van der Waals surface area (Å²) in [6.45, 7) is 7.02. The maximum atomic E-state index is 14.0. The van der Waals surface area contributed by atoms with E-state index in [0.29, 0.717) is 19.4 Å². The number of nitrogens with two attached hydrogens (primary N) is 1. The van der Waals surface area contributed by atoms with Crippen molar-refractivity contribution in [3.63, 3.8) is 0 Å². The number of carbonyl (C=O) groups is 3. The van der Waals surface area contributed by atoms with Crippen LogP contribution in [0, 0.1) is 11.7 Å². The van der Waals surface area contributed by atoms with E-state index in [1.54, 1.807) is 6.92 Å². The monoisotopic (exact) mass is 438 g/mol. The Kier molecular flexibility index (Phi) is 8.35. The zero-order valence-corrected chi connectivity index (χ0v) is 18.2. The number of amides is 2.